The summed E-state index contributed by atoms with van der Waals surface area (Å²) in [6, 6.07) is 66.7. The van der Waals surface area contributed by atoms with Crippen molar-refractivity contribution in [2.45, 2.75) is 0 Å². The van der Waals surface area contributed by atoms with E-state index >= 15 is 0 Å². The molecule has 11 rings (SSSR count). The smallest absolute Gasteiger partial charge is 0.0640 e. The second-order valence-electron chi connectivity index (χ2n) is 13.2. The summed E-state index contributed by atoms with van der Waals surface area (Å²) in [4.78, 5) is 2.54. The third-order valence-corrected chi connectivity index (χ3v) is 12.8. The van der Waals surface area contributed by atoms with Crippen LogP contribution in [0.4, 0.5) is 17.1 Å². The van der Waals surface area contributed by atoms with Crippen molar-refractivity contribution in [3.8, 4) is 16.8 Å². The lowest BCUT2D eigenvalue weighted by molar-refractivity contribution is 1.18. The lowest BCUT2D eigenvalue weighted by atomic mass is 9.98. The molecule has 0 fully saturated rings. The molecule has 0 atom stereocenters. The molecule has 0 spiro atoms. The Hall–Kier alpha value is -6.20. The summed E-state index contributed by atoms with van der Waals surface area (Å²) in [6.07, 6.45) is 0. The van der Waals surface area contributed by atoms with Gasteiger partial charge in [0.15, 0.2) is 0 Å². The van der Waals surface area contributed by atoms with Gasteiger partial charge in [0.2, 0.25) is 0 Å². The van der Waals surface area contributed by atoms with Crippen molar-refractivity contribution in [3.05, 3.63) is 182 Å². The van der Waals surface area contributed by atoms with Crippen LogP contribution in [0.3, 0.4) is 0 Å². The molecule has 11 aromatic rings. The predicted molar refractivity (Wildman–Crippen MR) is 227 cm³/mol. The summed E-state index contributed by atoms with van der Waals surface area (Å²) < 4.78 is 7.62. The number of hydrogen-bond acceptors (Lipinski definition) is 3. The molecule has 3 aromatic heterocycles. The van der Waals surface area contributed by atoms with E-state index in [2.05, 4.69) is 191 Å². The van der Waals surface area contributed by atoms with Gasteiger partial charge in [-0.2, -0.15) is 0 Å². The minimum Gasteiger partial charge on any atom is -0.309 e. The van der Waals surface area contributed by atoms with Crippen molar-refractivity contribution < 1.29 is 0 Å². The molecule has 0 N–H and O–H groups in total. The van der Waals surface area contributed by atoms with E-state index in [4.69, 9.17) is 0 Å². The van der Waals surface area contributed by atoms with Gasteiger partial charge in [0.25, 0.3) is 0 Å². The number of para-hydroxylation sites is 4. The van der Waals surface area contributed by atoms with Crippen LogP contribution < -0.4 is 4.90 Å². The first-order valence-corrected chi connectivity index (χ1v) is 19.2. The van der Waals surface area contributed by atoms with Crippen LogP contribution in [-0.2, 0) is 0 Å². The van der Waals surface area contributed by atoms with Crippen molar-refractivity contribution >= 4 is 102 Å². The van der Waals surface area contributed by atoms with Crippen molar-refractivity contribution in [1.29, 1.82) is 0 Å². The fourth-order valence-electron chi connectivity index (χ4n) is 8.21. The monoisotopic (exact) mass is 698 g/mol. The summed E-state index contributed by atoms with van der Waals surface area (Å²) in [6.45, 7) is 0. The van der Waals surface area contributed by atoms with Crippen LogP contribution in [-0.4, -0.2) is 4.57 Å². The average Bonchev–Trinajstić information content (AvgIpc) is 3.89. The first-order chi connectivity index (χ1) is 25.8. The van der Waals surface area contributed by atoms with E-state index in [9.17, 15) is 0 Å². The highest BCUT2D eigenvalue weighted by Crippen LogP contribution is 2.51. The van der Waals surface area contributed by atoms with Crippen LogP contribution in [0.25, 0.3) is 79.0 Å². The number of hydrogen-bond donors (Lipinski definition) is 0. The molecule has 0 aliphatic carbocycles. The second kappa shape index (κ2) is 11.7. The van der Waals surface area contributed by atoms with E-state index in [1.165, 1.54) is 84.7 Å². The van der Waals surface area contributed by atoms with Crippen LogP contribution in [0.15, 0.2) is 182 Å². The Kier molecular flexibility index (Phi) is 6.63. The Morgan fingerprint density at radius 1 is 0.346 bits per heavy atom. The molecule has 0 aliphatic rings. The number of benzene rings is 8. The van der Waals surface area contributed by atoms with Gasteiger partial charge in [-0.05, 0) is 54.6 Å². The largest absolute Gasteiger partial charge is 0.309 e. The maximum Gasteiger partial charge on any atom is 0.0640 e. The lowest BCUT2D eigenvalue weighted by Crippen LogP contribution is -2.12. The van der Waals surface area contributed by atoms with Crippen LogP contribution >= 0.6 is 22.7 Å². The van der Waals surface area contributed by atoms with Crippen LogP contribution in [0.2, 0.25) is 0 Å². The van der Waals surface area contributed by atoms with Gasteiger partial charge >= 0.3 is 0 Å². The first kappa shape index (κ1) is 29.5. The molecule has 8 aromatic carbocycles. The fourth-order valence-corrected chi connectivity index (χ4v) is 10.5. The second-order valence-corrected chi connectivity index (χ2v) is 15.4. The molecule has 0 saturated carbocycles. The van der Waals surface area contributed by atoms with Gasteiger partial charge in [-0.3, -0.25) is 0 Å². The standard InChI is InChI=1S/C48H30N2S2/c1-7-22-38-31(15-1)32-16-2-8-23-39(32)49(38)40-24-9-3-17-33(40)34-18-4-10-25-41(34)50(42-26-14-30-46-47(42)37-20-6-12-29-45(37)51-46)43-27-13-21-36-35-19-5-11-28-44(35)52-48(36)43/h1-30H. The van der Waals surface area contributed by atoms with Gasteiger partial charge in [0.05, 0.1) is 38.5 Å². The molecule has 4 heteroatoms. The average molecular weight is 699 g/mol. The van der Waals surface area contributed by atoms with Gasteiger partial charge in [0, 0.05) is 57.5 Å². The van der Waals surface area contributed by atoms with Crippen molar-refractivity contribution in [2.24, 2.45) is 0 Å². The number of fused-ring (bicyclic) bond motifs is 9. The summed E-state index contributed by atoms with van der Waals surface area (Å²) in [7, 11) is 0. The van der Waals surface area contributed by atoms with Crippen LogP contribution in [0.1, 0.15) is 0 Å². The van der Waals surface area contributed by atoms with E-state index in [-0.39, 0.29) is 0 Å². The number of anilines is 3. The van der Waals surface area contributed by atoms with Gasteiger partial charge in [-0.25, -0.2) is 0 Å². The van der Waals surface area contributed by atoms with Gasteiger partial charge in [-0.1, -0.05) is 127 Å². The number of rotatable bonds is 5. The Bertz CT molecular complexity index is 3110. The number of thiophene rings is 2. The highest BCUT2D eigenvalue weighted by molar-refractivity contribution is 7.26. The predicted octanol–water partition coefficient (Wildman–Crippen LogP) is 14.7. The summed E-state index contributed by atoms with van der Waals surface area (Å²) >= 11 is 3.75. The molecule has 244 valence electrons. The van der Waals surface area contributed by atoms with Crippen molar-refractivity contribution in [2.75, 3.05) is 4.90 Å². The molecule has 0 radical (unpaired) electrons. The van der Waals surface area contributed by atoms with Gasteiger partial charge in [-0.15, -0.1) is 22.7 Å². The molecule has 0 saturated heterocycles. The summed E-state index contributed by atoms with van der Waals surface area (Å²) in [5.74, 6) is 0. The van der Waals surface area contributed by atoms with E-state index in [1.54, 1.807) is 0 Å². The highest BCUT2D eigenvalue weighted by Gasteiger charge is 2.25. The molecule has 3 heterocycles. The molecule has 0 unspecified atom stereocenters. The highest BCUT2D eigenvalue weighted by atomic mass is 32.1. The van der Waals surface area contributed by atoms with Gasteiger partial charge < -0.3 is 9.47 Å². The Morgan fingerprint density at radius 3 is 1.65 bits per heavy atom. The first-order valence-electron chi connectivity index (χ1n) is 17.6. The zero-order chi connectivity index (χ0) is 34.2. The van der Waals surface area contributed by atoms with Gasteiger partial charge in [0.1, 0.15) is 0 Å². The number of aromatic nitrogens is 1. The molecule has 0 bridgehead atoms. The van der Waals surface area contributed by atoms with Crippen LogP contribution in [0, 0.1) is 0 Å². The molecular formula is C48H30N2S2. The molecular weight excluding hydrogens is 669 g/mol. The molecule has 0 aliphatic heterocycles. The third-order valence-electron chi connectivity index (χ3n) is 10.4. The Balaban J connectivity index is 1.24. The van der Waals surface area contributed by atoms with E-state index in [1.807, 2.05) is 22.7 Å². The third kappa shape index (κ3) is 4.35. The summed E-state index contributed by atoms with van der Waals surface area (Å²) in [5, 5.41) is 7.68. The minimum absolute atomic E-state index is 1.14. The maximum atomic E-state index is 2.54. The van der Waals surface area contributed by atoms with E-state index in [0.29, 0.717) is 0 Å². The van der Waals surface area contributed by atoms with Crippen LogP contribution in [0.5, 0.6) is 0 Å². The lowest BCUT2D eigenvalue weighted by Gasteiger charge is -2.29. The maximum absolute atomic E-state index is 2.54. The topological polar surface area (TPSA) is 8.17 Å². The SMILES string of the molecule is c1ccc(N(c2cccc3c2sc2ccccc23)c2cccc3sc4ccccc4c23)c(-c2ccccc2-n2c3ccccc3c3ccccc32)c1. The van der Waals surface area contributed by atoms with E-state index in [0.717, 1.165) is 11.4 Å². The number of nitrogens with zero attached hydrogens (tertiary/aromatic N) is 2. The summed E-state index contributed by atoms with van der Waals surface area (Å²) in [5.41, 5.74) is 9.43. The van der Waals surface area contributed by atoms with Crippen molar-refractivity contribution in [3.63, 3.8) is 0 Å². The molecule has 2 nitrogen and oxygen atoms in total. The Morgan fingerprint density at radius 2 is 0.865 bits per heavy atom. The normalized spacial score (nSPS) is 11.8. The quantitative estimate of drug-likeness (QED) is 0.174. The van der Waals surface area contributed by atoms with Crippen molar-refractivity contribution in [1.82, 2.24) is 4.57 Å². The molecule has 0 amide bonds. The zero-order valence-electron chi connectivity index (χ0n) is 28.0. The molecule has 52 heavy (non-hydrogen) atoms. The minimum atomic E-state index is 1.14. The zero-order valence-corrected chi connectivity index (χ0v) is 29.7. The fraction of sp³-hybridized carbons (Fsp3) is 0. The Labute approximate surface area is 308 Å². The van der Waals surface area contributed by atoms with E-state index < -0.39 is 0 Å².